The number of aromatic carboxylic acids is 1. The fraction of sp³-hybridized carbons (Fsp3) is 0.222. The lowest BCUT2D eigenvalue weighted by Crippen LogP contribution is -1.94. The summed E-state index contributed by atoms with van der Waals surface area (Å²) in [5.74, 6) is 4.22. The summed E-state index contributed by atoms with van der Waals surface area (Å²) in [6.45, 7) is 1.62. The van der Waals surface area contributed by atoms with Crippen LogP contribution in [0.4, 0.5) is 0 Å². The van der Waals surface area contributed by atoms with E-state index in [0.717, 1.165) is 11.3 Å². The van der Waals surface area contributed by atoms with Crippen molar-refractivity contribution in [2.45, 2.75) is 13.3 Å². The van der Waals surface area contributed by atoms with E-state index >= 15 is 0 Å². The molecule has 1 aromatic heterocycles. The second-order valence-corrected chi connectivity index (χ2v) is 3.37. The van der Waals surface area contributed by atoms with Crippen LogP contribution in [0, 0.1) is 30.1 Å². The van der Waals surface area contributed by atoms with Gasteiger partial charge in [0.05, 0.1) is 18.2 Å². The molecule has 14 heavy (non-hydrogen) atoms. The Kier molecular flexibility index (Phi) is 3.22. The smallest absolute Gasteiger partial charge is 0.347 e. The van der Waals surface area contributed by atoms with Crippen LogP contribution >= 0.6 is 11.3 Å². The second-order valence-electron chi connectivity index (χ2n) is 2.38. The zero-order valence-corrected chi connectivity index (χ0v) is 8.18. The quantitative estimate of drug-likeness (QED) is 0.705. The molecule has 0 fully saturated rings. The molecule has 0 saturated heterocycles. The topological polar surface area (TPSA) is 74.0 Å². The molecule has 4 nitrogen and oxygen atoms in total. The van der Waals surface area contributed by atoms with E-state index in [9.17, 15) is 4.79 Å². The Labute approximate surface area is 84.8 Å². The molecule has 0 atom stereocenters. The van der Waals surface area contributed by atoms with Gasteiger partial charge in [-0.2, -0.15) is 5.26 Å². The summed E-state index contributed by atoms with van der Waals surface area (Å²) in [6, 6.07) is 1.87. The highest BCUT2D eigenvalue weighted by molar-refractivity contribution is 7.14. The average molecular weight is 206 g/mol. The van der Waals surface area contributed by atoms with Crippen molar-refractivity contribution in [3.8, 4) is 17.9 Å². The first-order valence-corrected chi connectivity index (χ1v) is 4.53. The number of carboxylic acids is 1. The molecule has 0 aliphatic heterocycles. The molecule has 1 rings (SSSR count). The molecule has 0 amide bonds. The van der Waals surface area contributed by atoms with E-state index in [4.69, 9.17) is 10.4 Å². The van der Waals surface area contributed by atoms with Crippen molar-refractivity contribution >= 4 is 17.3 Å². The molecule has 1 aromatic rings. The maximum Gasteiger partial charge on any atom is 0.347 e. The molecule has 0 aliphatic rings. The fourth-order valence-corrected chi connectivity index (χ4v) is 1.59. The van der Waals surface area contributed by atoms with Crippen molar-refractivity contribution in [2.75, 3.05) is 0 Å². The number of thiazole rings is 1. The molecule has 0 aromatic carbocycles. The Morgan fingerprint density at radius 3 is 2.93 bits per heavy atom. The van der Waals surface area contributed by atoms with Gasteiger partial charge in [-0.1, -0.05) is 17.3 Å². The van der Waals surface area contributed by atoms with E-state index in [0.29, 0.717) is 10.7 Å². The standard InChI is InChI=1S/C9H6N2O2S/c1-6-8(9(12)13)14-7(11-6)4-2-3-5-10/h3H2,1H3,(H,12,13). The van der Waals surface area contributed by atoms with E-state index in [1.165, 1.54) is 0 Å². The number of hydrogen-bond acceptors (Lipinski definition) is 4. The van der Waals surface area contributed by atoms with Crippen LogP contribution in [-0.2, 0) is 0 Å². The van der Waals surface area contributed by atoms with Crippen LogP contribution in [0.2, 0.25) is 0 Å². The Bertz CT molecular complexity index is 459. The van der Waals surface area contributed by atoms with Gasteiger partial charge in [0, 0.05) is 0 Å². The summed E-state index contributed by atoms with van der Waals surface area (Å²) in [5, 5.41) is 17.4. The van der Waals surface area contributed by atoms with E-state index in [1.807, 2.05) is 6.07 Å². The first kappa shape index (κ1) is 10.2. The molecule has 0 aliphatic carbocycles. The van der Waals surface area contributed by atoms with Crippen molar-refractivity contribution < 1.29 is 9.90 Å². The highest BCUT2D eigenvalue weighted by atomic mass is 32.1. The van der Waals surface area contributed by atoms with Crippen LogP contribution < -0.4 is 0 Å². The number of aryl methyl sites for hydroxylation is 1. The minimum atomic E-state index is -0.992. The van der Waals surface area contributed by atoms with Crippen molar-refractivity contribution in [1.82, 2.24) is 4.98 Å². The van der Waals surface area contributed by atoms with Gasteiger partial charge in [-0.05, 0) is 12.8 Å². The largest absolute Gasteiger partial charge is 0.477 e. The SMILES string of the molecule is Cc1nc(C#CCC#N)sc1C(=O)O. The third kappa shape index (κ3) is 2.32. The molecular weight excluding hydrogens is 200 g/mol. The molecule has 0 bridgehead atoms. The van der Waals surface area contributed by atoms with Gasteiger partial charge in [0.15, 0.2) is 5.01 Å². The zero-order chi connectivity index (χ0) is 10.6. The molecule has 0 unspecified atom stereocenters. The van der Waals surface area contributed by atoms with Gasteiger partial charge in [0.25, 0.3) is 0 Å². The number of rotatable bonds is 1. The number of nitrogens with zero attached hydrogens (tertiary/aromatic N) is 2. The monoisotopic (exact) mass is 206 g/mol. The summed E-state index contributed by atoms with van der Waals surface area (Å²) in [6.07, 6.45) is 0.126. The van der Waals surface area contributed by atoms with Gasteiger partial charge in [-0.15, -0.1) is 0 Å². The van der Waals surface area contributed by atoms with E-state index in [-0.39, 0.29) is 11.3 Å². The molecule has 0 spiro atoms. The Hall–Kier alpha value is -1.85. The lowest BCUT2D eigenvalue weighted by atomic mass is 10.4. The van der Waals surface area contributed by atoms with Crippen molar-refractivity contribution in [1.29, 1.82) is 5.26 Å². The third-order valence-corrected chi connectivity index (χ3v) is 2.41. The number of carboxylic acid groups (broad SMARTS) is 1. The lowest BCUT2D eigenvalue weighted by molar-refractivity contribution is 0.0701. The molecule has 1 heterocycles. The molecule has 0 radical (unpaired) electrons. The molecule has 0 saturated carbocycles. The second kappa shape index (κ2) is 4.40. The van der Waals surface area contributed by atoms with Gasteiger partial charge >= 0.3 is 5.97 Å². The van der Waals surface area contributed by atoms with Gasteiger partial charge < -0.3 is 5.11 Å². The highest BCUT2D eigenvalue weighted by Crippen LogP contribution is 2.16. The van der Waals surface area contributed by atoms with Crippen LogP contribution in [0.3, 0.4) is 0 Å². The Morgan fingerprint density at radius 2 is 2.43 bits per heavy atom. The zero-order valence-electron chi connectivity index (χ0n) is 7.37. The lowest BCUT2D eigenvalue weighted by Gasteiger charge is -1.84. The van der Waals surface area contributed by atoms with Gasteiger partial charge in [-0.3, -0.25) is 0 Å². The Balaban J connectivity index is 2.94. The van der Waals surface area contributed by atoms with Crippen molar-refractivity contribution in [3.63, 3.8) is 0 Å². The summed E-state index contributed by atoms with van der Waals surface area (Å²) < 4.78 is 0. The maximum atomic E-state index is 10.6. The van der Waals surface area contributed by atoms with Crippen LogP contribution in [0.25, 0.3) is 0 Å². The van der Waals surface area contributed by atoms with E-state index in [1.54, 1.807) is 6.92 Å². The summed E-state index contributed by atoms with van der Waals surface area (Å²) >= 11 is 1.02. The first-order chi connectivity index (χ1) is 6.65. The number of aromatic nitrogens is 1. The maximum absolute atomic E-state index is 10.6. The molecular formula is C9H6N2O2S. The normalized spacial score (nSPS) is 8.57. The summed E-state index contributed by atoms with van der Waals surface area (Å²) in [5.41, 5.74) is 0.462. The number of carbonyl (C=O) groups is 1. The van der Waals surface area contributed by atoms with Crippen molar-refractivity contribution in [3.05, 3.63) is 15.6 Å². The summed E-state index contributed by atoms with van der Waals surface area (Å²) in [4.78, 5) is 14.8. The molecule has 70 valence electrons. The van der Waals surface area contributed by atoms with Crippen LogP contribution in [0.1, 0.15) is 26.8 Å². The van der Waals surface area contributed by atoms with Gasteiger partial charge in [0.1, 0.15) is 4.88 Å². The number of nitriles is 1. The highest BCUT2D eigenvalue weighted by Gasteiger charge is 2.12. The predicted octanol–water partition coefficient (Wildman–Crippen LogP) is 1.41. The van der Waals surface area contributed by atoms with E-state index in [2.05, 4.69) is 16.8 Å². The minimum Gasteiger partial charge on any atom is -0.477 e. The third-order valence-electron chi connectivity index (χ3n) is 1.35. The summed E-state index contributed by atoms with van der Waals surface area (Å²) in [7, 11) is 0. The molecule has 1 N–H and O–H groups in total. The van der Waals surface area contributed by atoms with Crippen LogP contribution in [-0.4, -0.2) is 16.1 Å². The predicted molar refractivity (Wildman–Crippen MR) is 50.9 cm³/mol. The van der Waals surface area contributed by atoms with Crippen LogP contribution in [0.15, 0.2) is 0 Å². The van der Waals surface area contributed by atoms with E-state index < -0.39 is 5.97 Å². The van der Waals surface area contributed by atoms with Gasteiger partial charge in [-0.25, -0.2) is 9.78 Å². The first-order valence-electron chi connectivity index (χ1n) is 3.71. The minimum absolute atomic E-state index is 0.126. The molecule has 5 heteroatoms. The van der Waals surface area contributed by atoms with Crippen LogP contribution in [0.5, 0.6) is 0 Å². The Morgan fingerprint density at radius 1 is 1.71 bits per heavy atom. The van der Waals surface area contributed by atoms with Crippen molar-refractivity contribution in [2.24, 2.45) is 0 Å². The average Bonchev–Trinajstić information content (AvgIpc) is 2.47. The van der Waals surface area contributed by atoms with Gasteiger partial charge in [0.2, 0.25) is 0 Å². The number of hydrogen-bond donors (Lipinski definition) is 1. The fourth-order valence-electron chi connectivity index (χ4n) is 0.808.